The van der Waals surface area contributed by atoms with Gasteiger partial charge in [0.05, 0.1) is 5.92 Å². The lowest BCUT2D eigenvalue weighted by Crippen LogP contribution is -2.54. The molecule has 1 unspecified atom stereocenters. The highest BCUT2D eigenvalue weighted by molar-refractivity contribution is 5.75. The number of carbonyl (C=O) groups excluding carboxylic acids is 1. The first kappa shape index (κ1) is 19.6. The van der Waals surface area contributed by atoms with Gasteiger partial charge in [0, 0.05) is 12.1 Å². The standard InChI is InChI=1S/C17H18F6N2O2/c18-16(19,20)9-27-12-3-1-2-10(4-12)8-24-14(26)25-15-5-11(6-15)13(7-15)17(21,22)23/h1-4,11,13H,5-9H2,(H2,24,25,26). The van der Waals surface area contributed by atoms with Crippen molar-refractivity contribution in [2.45, 2.75) is 43.7 Å². The third-order valence-corrected chi connectivity index (χ3v) is 5.04. The molecule has 0 radical (unpaired) electrons. The SMILES string of the molecule is O=C(NCc1cccc(OCC(F)(F)F)c1)NC12CC(C1)C(C(F)(F)F)C2. The van der Waals surface area contributed by atoms with Crippen molar-refractivity contribution in [3.63, 3.8) is 0 Å². The Labute approximate surface area is 151 Å². The molecule has 2 amide bonds. The Bertz CT molecular complexity index is 697. The Morgan fingerprint density at radius 1 is 1.15 bits per heavy atom. The third kappa shape index (κ3) is 4.78. The molecular formula is C17H18F6N2O2. The molecule has 10 heteroatoms. The van der Waals surface area contributed by atoms with Crippen LogP contribution in [0.1, 0.15) is 24.8 Å². The topological polar surface area (TPSA) is 50.4 Å². The maximum Gasteiger partial charge on any atom is 0.422 e. The maximum absolute atomic E-state index is 12.9. The molecule has 4 rings (SSSR count). The molecule has 1 aromatic carbocycles. The van der Waals surface area contributed by atoms with Crippen LogP contribution in [0.2, 0.25) is 0 Å². The van der Waals surface area contributed by atoms with Gasteiger partial charge in [0.25, 0.3) is 0 Å². The minimum atomic E-state index is -4.45. The van der Waals surface area contributed by atoms with Gasteiger partial charge in [-0.2, -0.15) is 26.3 Å². The van der Waals surface area contributed by atoms with E-state index in [9.17, 15) is 31.1 Å². The van der Waals surface area contributed by atoms with Crippen LogP contribution in [0.4, 0.5) is 31.1 Å². The van der Waals surface area contributed by atoms with Crippen LogP contribution in [0.3, 0.4) is 0 Å². The number of fused-ring (bicyclic) bond motifs is 1. The van der Waals surface area contributed by atoms with Gasteiger partial charge in [0.2, 0.25) is 0 Å². The highest BCUT2D eigenvalue weighted by atomic mass is 19.4. The van der Waals surface area contributed by atoms with E-state index in [4.69, 9.17) is 0 Å². The van der Waals surface area contributed by atoms with E-state index in [1.165, 1.54) is 18.2 Å². The number of rotatable bonds is 5. The number of ether oxygens (including phenoxy) is 1. The van der Waals surface area contributed by atoms with Crippen molar-refractivity contribution in [1.29, 1.82) is 0 Å². The van der Waals surface area contributed by atoms with Crippen LogP contribution in [0, 0.1) is 11.8 Å². The van der Waals surface area contributed by atoms with Gasteiger partial charge in [-0.3, -0.25) is 0 Å². The summed E-state index contributed by atoms with van der Waals surface area (Å²) < 4.78 is 79.8. The van der Waals surface area contributed by atoms with Gasteiger partial charge in [-0.25, -0.2) is 4.79 Å². The number of alkyl halides is 6. The second-order valence-electron chi connectivity index (χ2n) is 7.16. The zero-order valence-corrected chi connectivity index (χ0v) is 14.1. The second kappa shape index (κ2) is 6.79. The van der Waals surface area contributed by atoms with Gasteiger partial charge in [0.15, 0.2) is 6.61 Å². The molecule has 3 fully saturated rings. The Morgan fingerprint density at radius 3 is 2.44 bits per heavy atom. The van der Waals surface area contributed by atoms with Crippen LogP contribution in [0.15, 0.2) is 24.3 Å². The summed E-state index contributed by atoms with van der Waals surface area (Å²) >= 11 is 0. The van der Waals surface area contributed by atoms with Gasteiger partial charge in [0.1, 0.15) is 5.75 Å². The number of amides is 2. The van der Waals surface area contributed by atoms with E-state index in [2.05, 4.69) is 15.4 Å². The molecule has 2 bridgehead atoms. The fourth-order valence-electron chi connectivity index (χ4n) is 3.90. The molecule has 0 aromatic heterocycles. The smallest absolute Gasteiger partial charge is 0.422 e. The zero-order valence-electron chi connectivity index (χ0n) is 14.1. The fraction of sp³-hybridized carbons (Fsp3) is 0.588. The Morgan fingerprint density at radius 2 is 1.85 bits per heavy atom. The maximum atomic E-state index is 12.9. The lowest BCUT2D eigenvalue weighted by atomic mass is 9.76. The molecule has 2 N–H and O–H groups in total. The van der Waals surface area contributed by atoms with E-state index >= 15 is 0 Å². The van der Waals surface area contributed by atoms with Crippen LogP contribution >= 0.6 is 0 Å². The van der Waals surface area contributed by atoms with Crippen molar-refractivity contribution in [2.75, 3.05) is 6.61 Å². The molecular weight excluding hydrogens is 378 g/mol. The van der Waals surface area contributed by atoms with Crippen molar-refractivity contribution in [3.8, 4) is 5.75 Å². The molecule has 3 saturated carbocycles. The molecule has 0 saturated heterocycles. The molecule has 4 nitrogen and oxygen atoms in total. The van der Waals surface area contributed by atoms with E-state index in [-0.39, 0.29) is 18.7 Å². The van der Waals surface area contributed by atoms with Crippen molar-refractivity contribution in [2.24, 2.45) is 11.8 Å². The van der Waals surface area contributed by atoms with Crippen molar-refractivity contribution < 1.29 is 35.9 Å². The fourth-order valence-corrected chi connectivity index (χ4v) is 3.90. The Balaban J connectivity index is 1.48. The first-order valence-electron chi connectivity index (χ1n) is 8.37. The predicted molar refractivity (Wildman–Crippen MR) is 83.0 cm³/mol. The number of hydrogen-bond donors (Lipinski definition) is 2. The molecule has 1 aromatic rings. The van der Waals surface area contributed by atoms with Crippen molar-refractivity contribution in [3.05, 3.63) is 29.8 Å². The third-order valence-electron chi connectivity index (χ3n) is 5.04. The minimum Gasteiger partial charge on any atom is -0.484 e. The Hall–Kier alpha value is -2.13. The molecule has 0 spiro atoms. The second-order valence-corrected chi connectivity index (χ2v) is 7.16. The largest absolute Gasteiger partial charge is 0.484 e. The molecule has 3 aliphatic rings. The summed E-state index contributed by atoms with van der Waals surface area (Å²) in [7, 11) is 0. The molecule has 3 aliphatic carbocycles. The first-order chi connectivity index (χ1) is 12.5. The molecule has 0 aliphatic heterocycles. The summed E-state index contributed by atoms with van der Waals surface area (Å²) in [6.45, 7) is -1.41. The van der Waals surface area contributed by atoms with E-state index in [0.717, 1.165) is 0 Å². The molecule has 0 heterocycles. The summed E-state index contributed by atoms with van der Waals surface area (Å²) in [6, 6.07) is 5.20. The molecule has 150 valence electrons. The van der Waals surface area contributed by atoms with Gasteiger partial charge >= 0.3 is 18.4 Å². The summed E-state index contributed by atoms with van der Waals surface area (Å²) in [6.07, 6.45) is -8.20. The summed E-state index contributed by atoms with van der Waals surface area (Å²) in [5, 5.41) is 5.14. The lowest BCUT2D eigenvalue weighted by molar-refractivity contribution is -0.180. The highest BCUT2D eigenvalue weighted by Gasteiger charge is 2.64. The van der Waals surface area contributed by atoms with Gasteiger partial charge in [-0.1, -0.05) is 12.1 Å². The summed E-state index contributed by atoms with van der Waals surface area (Å²) in [5.41, 5.74) is -0.305. The number of urea groups is 1. The van der Waals surface area contributed by atoms with Crippen molar-refractivity contribution in [1.82, 2.24) is 10.6 Å². The van der Waals surface area contributed by atoms with Crippen LogP contribution in [-0.4, -0.2) is 30.5 Å². The minimum absolute atomic E-state index is 0.0104. The zero-order chi connectivity index (χ0) is 19.9. The quantitative estimate of drug-likeness (QED) is 0.735. The Kier molecular flexibility index (Phi) is 4.94. The van der Waals surface area contributed by atoms with Crippen LogP contribution in [-0.2, 0) is 6.54 Å². The van der Waals surface area contributed by atoms with E-state index < -0.39 is 42.4 Å². The number of nitrogens with one attached hydrogen (secondary N) is 2. The lowest BCUT2D eigenvalue weighted by Gasteiger charge is -2.39. The van der Waals surface area contributed by atoms with E-state index in [1.54, 1.807) is 6.07 Å². The summed E-state index contributed by atoms with van der Waals surface area (Å²) in [5.74, 6) is -1.80. The monoisotopic (exact) mass is 396 g/mol. The number of hydrogen-bond acceptors (Lipinski definition) is 2. The van der Waals surface area contributed by atoms with Crippen molar-refractivity contribution >= 4 is 6.03 Å². The van der Waals surface area contributed by atoms with Crippen LogP contribution in [0.5, 0.6) is 5.75 Å². The summed E-state index contributed by atoms with van der Waals surface area (Å²) in [4.78, 5) is 12.0. The molecule has 1 atom stereocenters. The number of benzene rings is 1. The average Bonchev–Trinajstić information content (AvgIpc) is 3.06. The van der Waals surface area contributed by atoms with Gasteiger partial charge in [-0.05, 0) is 42.9 Å². The predicted octanol–water partition coefficient (Wildman–Crippen LogP) is 4.16. The number of carbonyl (C=O) groups is 1. The van der Waals surface area contributed by atoms with E-state index in [0.29, 0.717) is 18.4 Å². The highest BCUT2D eigenvalue weighted by Crippen LogP contribution is 2.60. The van der Waals surface area contributed by atoms with Crippen LogP contribution in [0.25, 0.3) is 0 Å². The van der Waals surface area contributed by atoms with Gasteiger partial charge in [-0.15, -0.1) is 0 Å². The first-order valence-corrected chi connectivity index (χ1v) is 8.37. The molecule has 27 heavy (non-hydrogen) atoms. The average molecular weight is 396 g/mol. The van der Waals surface area contributed by atoms with Gasteiger partial charge < -0.3 is 15.4 Å². The van der Waals surface area contributed by atoms with E-state index in [1.807, 2.05) is 0 Å². The number of halogens is 6. The van der Waals surface area contributed by atoms with Crippen LogP contribution < -0.4 is 15.4 Å². The normalized spacial score (nSPS) is 27.0.